The van der Waals surface area contributed by atoms with E-state index in [0.29, 0.717) is 35.0 Å². The molecule has 0 aliphatic rings. The van der Waals surface area contributed by atoms with Crippen LogP contribution in [-0.4, -0.2) is 35.2 Å². The molecule has 0 spiro atoms. The Labute approximate surface area is 199 Å². The fourth-order valence-electron chi connectivity index (χ4n) is 3.94. The standard InChI is InChI=1S/C26H19N7O2/c34-26-23(18-9-5-2-6-10-18)24(27-22-15-21(30-33(22)26)25-28-31-32-29-25)19-11-13-20(14-12-19)35-16-17-7-3-1-4-8-17/h1-15,30H,16H2,(H,28,29,31,32). The molecule has 3 aromatic heterocycles. The van der Waals surface area contributed by atoms with Crippen LogP contribution in [0.1, 0.15) is 5.56 Å². The Morgan fingerprint density at radius 2 is 1.60 bits per heavy atom. The smallest absolute Gasteiger partial charge is 0.281 e. The zero-order valence-electron chi connectivity index (χ0n) is 18.4. The van der Waals surface area contributed by atoms with Crippen molar-refractivity contribution in [3.63, 3.8) is 0 Å². The van der Waals surface area contributed by atoms with Crippen LogP contribution in [0.5, 0.6) is 5.75 Å². The van der Waals surface area contributed by atoms with Crippen molar-refractivity contribution in [2.24, 2.45) is 0 Å². The van der Waals surface area contributed by atoms with Gasteiger partial charge < -0.3 is 4.74 Å². The molecular formula is C26H19N7O2. The Morgan fingerprint density at radius 3 is 2.31 bits per heavy atom. The Hall–Kier alpha value is -5.05. The number of tetrazole rings is 1. The van der Waals surface area contributed by atoms with Gasteiger partial charge in [-0.15, -0.1) is 10.2 Å². The van der Waals surface area contributed by atoms with E-state index in [-0.39, 0.29) is 5.56 Å². The Balaban J connectivity index is 1.43. The third-order valence-corrected chi connectivity index (χ3v) is 5.64. The number of hydrogen-bond donors (Lipinski definition) is 2. The average molecular weight is 461 g/mol. The van der Waals surface area contributed by atoms with E-state index >= 15 is 0 Å². The van der Waals surface area contributed by atoms with Crippen molar-refractivity contribution < 1.29 is 4.74 Å². The molecule has 3 heterocycles. The van der Waals surface area contributed by atoms with Crippen molar-refractivity contribution in [1.82, 2.24) is 35.2 Å². The normalized spacial score (nSPS) is 11.1. The zero-order chi connectivity index (χ0) is 23.6. The maximum atomic E-state index is 13.6. The number of hydrogen-bond acceptors (Lipinski definition) is 6. The van der Waals surface area contributed by atoms with Gasteiger partial charge in [-0.1, -0.05) is 60.7 Å². The summed E-state index contributed by atoms with van der Waals surface area (Å²) >= 11 is 0. The highest BCUT2D eigenvalue weighted by Gasteiger charge is 2.19. The van der Waals surface area contributed by atoms with E-state index in [1.165, 1.54) is 4.52 Å². The summed E-state index contributed by atoms with van der Waals surface area (Å²) in [7, 11) is 0. The van der Waals surface area contributed by atoms with Crippen LogP contribution in [-0.2, 0) is 6.61 Å². The van der Waals surface area contributed by atoms with Crippen molar-refractivity contribution in [3.05, 3.63) is 107 Å². The van der Waals surface area contributed by atoms with Crippen LogP contribution in [0.3, 0.4) is 0 Å². The lowest BCUT2D eigenvalue weighted by Gasteiger charge is -2.11. The molecule has 6 rings (SSSR count). The van der Waals surface area contributed by atoms with E-state index in [9.17, 15) is 4.79 Å². The van der Waals surface area contributed by atoms with Gasteiger partial charge in [0, 0.05) is 11.6 Å². The van der Waals surface area contributed by atoms with Gasteiger partial charge in [-0.05, 0) is 40.6 Å². The minimum atomic E-state index is -0.227. The van der Waals surface area contributed by atoms with Gasteiger partial charge in [-0.25, -0.2) is 9.50 Å². The summed E-state index contributed by atoms with van der Waals surface area (Å²) in [5.41, 5.74) is 4.49. The summed E-state index contributed by atoms with van der Waals surface area (Å²) < 4.78 is 7.32. The zero-order valence-corrected chi connectivity index (χ0v) is 18.4. The largest absolute Gasteiger partial charge is 0.489 e. The second-order valence-electron chi connectivity index (χ2n) is 7.90. The fraction of sp³-hybridized carbons (Fsp3) is 0.0385. The fourth-order valence-corrected chi connectivity index (χ4v) is 3.94. The molecule has 9 heteroatoms. The maximum Gasteiger partial charge on any atom is 0.281 e. The molecular weight excluding hydrogens is 442 g/mol. The Morgan fingerprint density at radius 1 is 0.857 bits per heavy atom. The molecule has 0 unspecified atom stereocenters. The van der Waals surface area contributed by atoms with E-state index in [1.54, 1.807) is 6.07 Å². The lowest BCUT2D eigenvalue weighted by molar-refractivity contribution is 0.306. The molecule has 9 nitrogen and oxygen atoms in total. The number of nitrogens with one attached hydrogen (secondary N) is 2. The highest BCUT2D eigenvalue weighted by Crippen LogP contribution is 2.30. The number of aromatic amines is 2. The van der Waals surface area contributed by atoms with Gasteiger partial charge in [-0.3, -0.25) is 9.89 Å². The number of nitrogens with zero attached hydrogens (tertiary/aromatic N) is 5. The van der Waals surface area contributed by atoms with Crippen LogP contribution in [0.25, 0.3) is 39.5 Å². The summed E-state index contributed by atoms with van der Waals surface area (Å²) in [6.07, 6.45) is 0. The quantitative estimate of drug-likeness (QED) is 0.386. The van der Waals surface area contributed by atoms with Crippen molar-refractivity contribution >= 4 is 5.65 Å². The Bertz CT molecular complexity index is 1640. The highest BCUT2D eigenvalue weighted by atomic mass is 16.5. The molecule has 0 aliphatic heterocycles. The van der Waals surface area contributed by atoms with E-state index in [1.807, 2.05) is 84.9 Å². The predicted octanol–water partition coefficient (Wildman–Crippen LogP) is 4.12. The van der Waals surface area contributed by atoms with Gasteiger partial charge in [0.2, 0.25) is 5.82 Å². The molecule has 3 aromatic carbocycles. The summed E-state index contributed by atoms with van der Waals surface area (Å²) in [5.74, 6) is 1.08. The molecule has 0 saturated heterocycles. The number of ether oxygens (including phenoxy) is 1. The van der Waals surface area contributed by atoms with Gasteiger partial charge in [0.15, 0.2) is 5.65 Å². The molecule has 170 valence electrons. The topological polar surface area (TPSA) is 114 Å². The summed E-state index contributed by atoms with van der Waals surface area (Å²) in [6.45, 7) is 0.475. The first-order valence-electron chi connectivity index (χ1n) is 11.0. The summed E-state index contributed by atoms with van der Waals surface area (Å²) in [4.78, 5) is 18.5. The predicted molar refractivity (Wildman–Crippen MR) is 131 cm³/mol. The van der Waals surface area contributed by atoms with Crippen LogP contribution in [0.15, 0.2) is 95.8 Å². The number of aromatic nitrogens is 7. The monoisotopic (exact) mass is 461 g/mol. The molecule has 0 fully saturated rings. The van der Waals surface area contributed by atoms with Crippen LogP contribution in [0.4, 0.5) is 0 Å². The van der Waals surface area contributed by atoms with Crippen LogP contribution in [0, 0.1) is 0 Å². The van der Waals surface area contributed by atoms with E-state index in [0.717, 1.165) is 22.4 Å². The van der Waals surface area contributed by atoms with Crippen molar-refractivity contribution in [2.75, 3.05) is 0 Å². The molecule has 0 amide bonds. The number of rotatable bonds is 6. The number of benzene rings is 3. The average Bonchev–Trinajstić information content (AvgIpc) is 3.59. The van der Waals surface area contributed by atoms with Gasteiger partial charge in [0.25, 0.3) is 5.56 Å². The number of H-pyrrole nitrogens is 2. The van der Waals surface area contributed by atoms with Crippen LogP contribution in [0.2, 0.25) is 0 Å². The summed E-state index contributed by atoms with van der Waals surface area (Å²) in [5, 5.41) is 17.0. The van der Waals surface area contributed by atoms with E-state index in [4.69, 9.17) is 9.72 Å². The molecule has 0 saturated carbocycles. The van der Waals surface area contributed by atoms with Gasteiger partial charge in [-0.2, -0.15) is 5.21 Å². The van der Waals surface area contributed by atoms with Crippen molar-refractivity contribution in [3.8, 4) is 39.7 Å². The molecule has 35 heavy (non-hydrogen) atoms. The first kappa shape index (κ1) is 20.5. The Kier molecular flexibility index (Phi) is 5.12. The molecule has 2 N–H and O–H groups in total. The summed E-state index contributed by atoms with van der Waals surface area (Å²) in [6, 6.07) is 28.8. The third-order valence-electron chi connectivity index (χ3n) is 5.64. The van der Waals surface area contributed by atoms with Gasteiger partial charge in [0.05, 0.1) is 11.3 Å². The molecule has 0 radical (unpaired) electrons. The van der Waals surface area contributed by atoms with Gasteiger partial charge >= 0.3 is 0 Å². The first-order valence-corrected chi connectivity index (χ1v) is 11.0. The van der Waals surface area contributed by atoms with Crippen molar-refractivity contribution in [2.45, 2.75) is 6.61 Å². The van der Waals surface area contributed by atoms with E-state index < -0.39 is 0 Å². The van der Waals surface area contributed by atoms with Crippen LogP contribution < -0.4 is 10.3 Å². The second kappa shape index (κ2) is 8.71. The lowest BCUT2D eigenvalue weighted by atomic mass is 10.0. The van der Waals surface area contributed by atoms with Crippen LogP contribution >= 0.6 is 0 Å². The second-order valence-corrected chi connectivity index (χ2v) is 7.90. The third kappa shape index (κ3) is 3.95. The maximum absolute atomic E-state index is 13.6. The minimum absolute atomic E-state index is 0.227. The first-order chi connectivity index (χ1) is 17.3. The molecule has 6 aromatic rings. The van der Waals surface area contributed by atoms with Gasteiger partial charge in [0.1, 0.15) is 18.1 Å². The SMILES string of the molecule is O=c1c(-c2ccccc2)c(-c2ccc(OCc3ccccc3)cc2)nc2cc(-c3nn[nH]n3)[nH]n12. The molecule has 0 bridgehead atoms. The molecule has 0 atom stereocenters. The van der Waals surface area contributed by atoms with E-state index in [2.05, 4.69) is 25.7 Å². The minimum Gasteiger partial charge on any atom is -0.489 e. The number of fused-ring (bicyclic) bond motifs is 1. The molecule has 0 aliphatic carbocycles. The highest BCUT2D eigenvalue weighted by molar-refractivity contribution is 5.82. The lowest BCUT2D eigenvalue weighted by Crippen LogP contribution is -2.18. The van der Waals surface area contributed by atoms with Crippen molar-refractivity contribution in [1.29, 1.82) is 0 Å².